The molecule has 1 aromatic carbocycles. The first kappa shape index (κ1) is 19.5. The van der Waals surface area contributed by atoms with E-state index in [-0.39, 0.29) is 18.7 Å². The van der Waals surface area contributed by atoms with E-state index in [1.165, 1.54) is 6.07 Å². The fourth-order valence-corrected chi connectivity index (χ4v) is 2.75. The summed E-state index contributed by atoms with van der Waals surface area (Å²) in [6.45, 7) is 1.05. The Balaban J connectivity index is 3.29. The molecule has 3 N–H and O–H groups in total. The number of benzene rings is 1. The number of rotatable bonds is 10. The normalized spacial score (nSPS) is 12.0. The number of carboxylic acids is 1. The average molecular weight is 364 g/mol. The van der Waals surface area contributed by atoms with E-state index >= 15 is 0 Å². The lowest BCUT2D eigenvalue weighted by atomic mass is 9.93. The van der Waals surface area contributed by atoms with Crippen molar-refractivity contribution in [2.45, 2.75) is 12.3 Å². The van der Waals surface area contributed by atoms with Gasteiger partial charge >= 0.3 is 5.97 Å². The predicted molar refractivity (Wildman–Crippen MR) is 90.8 cm³/mol. The third-order valence-corrected chi connectivity index (χ3v) is 3.77. The molecule has 0 spiro atoms. The van der Waals surface area contributed by atoms with Gasteiger partial charge < -0.3 is 15.7 Å². The van der Waals surface area contributed by atoms with E-state index < -0.39 is 16.8 Å². The summed E-state index contributed by atoms with van der Waals surface area (Å²) in [6, 6.07) is 4.58. The van der Waals surface area contributed by atoms with Crippen LogP contribution in [0.1, 0.15) is 17.9 Å². The fourth-order valence-electron chi connectivity index (χ4n) is 2.34. The van der Waals surface area contributed by atoms with Crippen LogP contribution in [0.2, 0.25) is 0 Å². The smallest absolute Gasteiger partial charge is 0.304 e. The second-order valence-electron chi connectivity index (χ2n) is 4.90. The Kier molecular flexibility index (Phi) is 8.08. The second kappa shape index (κ2) is 9.54. The molecule has 0 amide bonds. The van der Waals surface area contributed by atoms with Crippen molar-refractivity contribution in [1.82, 2.24) is 0 Å². The number of anilines is 1. The van der Waals surface area contributed by atoms with Crippen LogP contribution in [0.3, 0.4) is 0 Å². The van der Waals surface area contributed by atoms with Gasteiger partial charge in [-0.2, -0.15) is 0 Å². The number of nitro benzene ring substituents is 1. The first-order valence-electron chi connectivity index (χ1n) is 7.01. The lowest BCUT2D eigenvalue weighted by molar-refractivity contribution is -0.385. The number of carboxylic acid groups (broad SMARTS) is 1. The van der Waals surface area contributed by atoms with Gasteiger partial charge in [0.25, 0.3) is 5.69 Å². The zero-order valence-corrected chi connectivity index (χ0v) is 14.0. The minimum absolute atomic E-state index is 0.00159. The average Bonchev–Trinajstić information content (AvgIpc) is 2.51. The Bertz CT molecular complexity index is 551. The molecule has 1 aromatic rings. The molecule has 23 heavy (non-hydrogen) atoms. The third kappa shape index (κ3) is 5.53. The Hall–Kier alpha value is -1.57. The van der Waals surface area contributed by atoms with Crippen molar-refractivity contribution in [3.8, 4) is 0 Å². The Morgan fingerprint density at radius 3 is 2.39 bits per heavy atom. The molecule has 7 nitrogen and oxygen atoms in total. The molecule has 128 valence electrons. The SMILES string of the molecule is NCC(CC(=O)O)c1cc(N(CCCl)CCCl)ccc1[N+](=O)[O-]. The summed E-state index contributed by atoms with van der Waals surface area (Å²) in [4.78, 5) is 23.6. The lowest BCUT2D eigenvalue weighted by Crippen LogP contribution is -2.28. The summed E-state index contributed by atoms with van der Waals surface area (Å²) in [5.74, 6) is -0.947. The van der Waals surface area contributed by atoms with E-state index in [0.717, 1.165) is 0 Å². The summed E-state index contributed by atoms with van der Waals surface area (Å²) in [5, 5.41) is 20.2. The number of aliphatic carboxylic acids is 1. The highest BCUT2D eigenvalue weighted by atomic mass is 35.5. The Morgan fingerprint density at radius 1 is 1.35 bits per heavy atom. The van der Waals surface area contributed by atoms with E-state index in [4.69, 9.17) is 34.0 Å². The molecule has 1 atom stereocenters. The summed E-state index contributed by atoms with van der Waals surface area (Å²) in [5.41, 5.74) is 6.50. The number of carbonyl (C=O) groups is 1. The molecule has 1 unspecified atom stereocenters. The molecule has 0 aliphatic rings. The molecular formula is C14H19Cl2N3O4. The Morgan fingerprint density at radius 2 is 1.96 bits per heavy atom. The van der Waals surface area contributed by atoms with E-state index in [2.05, 4.69) is 0 Å². The molecule has 0 heterocycles. The summed E-state index contributed by atoms with van der Waals surface area (Å²) in [6.07, 6.45) is -0.272. The van der Waals surface area contributed by atoms with Gasteiger partial charge in [-0.05, 0) is 12.1 Å². The van der Waals surface area contributed by atoms with E-state index in [1.807, 2.05) is 4.90 Å². The van der Waals surface area contributed by atoms with Crippen molar-refractivity contribution in [2.75, 3.05) is 36.3 Å². The highest BCUT2D eigenvalue weighted by Gasteiger charge is 2.24. The second-order valence-corrected chi connectivity index (χ2v) is 5.65. The molecule has 1 rings (SSSR count). The zero-order valence-electron chi connectivity index (χ0n) is 12.5. The van der Waals surface area contributed by atoms with Crippen LogP contribution in [-0.2, 0) is 4.79 Å². The summed E-state index contributed by atoms with van der Waals surface area (Å²) < 4.78 is 0. The van der Waals surface area contributed by atoms with Crippen LogP contribution in [0.5, 0.6) is 0 Å². The maximum Gasteiger partial charge on any atom is 0.304 e. The van der Waals surface area contributed by atoms with Gasteiger partial charge in [0, 0.05) is 54.6 Å². The van der Waals surface area contributed by atoms with E-state index in [9.17, 15) is 14.9 Å². The number of nitrogens with zero attached hydrogens (tertiary/aromatic N) is 2. The molecule has 0 saturated heterocycles. The van der Waals surface area contributed by atoms with Gasteiger partial charge in [0.2, 0.25) is 0 Å². The number of nitro groups is 1. The number of hydrogen-bond acceptors (Lipinski definition) is 5. The molecule has 0 aliphatic heterocycles. The van der Waals surface area contributed by atoms with Crippen molar-refractivity contribution in [1.29, 1.82) is 0 Å². The van der Waals surface area contributed by atoms with Crippen molar-refractivity contribution in [2.24, 2.45) is 5.73 Å². The summed E-state index contributed by atoms with van der Waals surface area (Å²) >= 11 is 11.5. The molecule has 0 bridgehead atoms. The van der Waals surface area contributed by atoms with E-state index in [0.29, 0.717) is 36.1 Å². The highest BCUT2D eigenvalue weighted by Crippen LogP contribution is 2.32. The maximum atomic E-state index is 11.2. The van der Waals surface area contributed by atoms with Crippen LogP contribution in [-0.4, -0.2) is 47.4 Å². The molecule has 9 heteroatoms. The quantitative estimate of drug-likeness (QED) is 0.375. The van der Waals surface area contributed by atoms with Gasteiger partial charge in [-0.1, -0.05) is 0 Å². The Labute approximate surface area is 144 Å². The number of halogens is 2. The predicted octanol–water partition coefficient (Wildman–Crippen LogP) is 2.40. The summed E-state index contributed by atoms with van der Waals surface area (Å²) in [7, 11) is 0. The zero-order chi connectivity index (χ0) is 17.4. The molecular weight excluding hydrogens is 345 g/mol. The van der Waals surface area contributed by atoms with E-state index in [1.54, 1.807) is 12.1 Å². The third-order valence-electron chi connectivity index (χ3n) is 3.43. The van der Waals surface area contributed by atoms with Crippen LogP contribution in [0.4, 0.5) is 11.4 Å². The van der Waals surface area contributed by atoms with Gasteiger partial charge in [0.1, 0.15) is 0 Å². The van der Waals surface area contributed by atoms with Gasteiger partial charge in [-0.15, -0.1) is 23.2 Å². The van der Waals surface area contributed by atoms with Crippen LogP contribution in [0.25, 0.3) is 0 Å². The van der Waals surface area contributed by atoms with Crippen molar-refractivity contribution >= 4 is 40.5 Å². The van der Waals surface area contributed by atoms with Crippen LogP contribution in [0.15, 0.2) is 18.2 Å². The highest BCUT2D eigenvalue weighted by molar-refractivity contribution is 6.18. The van der Waals surface area contributed by atoms with Crippen molar-refractivity contribution in [3.63, 3.8) is 0 Å². The van der Waals surface area contributed by atoms with Crippen molar-refractivity contribution in [3.05, 3.63) is 33.9 Å². The fraction of sp³-hybridized carbons (Fsp3) is 0.500. The van der Waals surface area contributed by atoms with Gasteiger partial charge in [-0.25, -0.2) is 0 Å². The minimum atomic E-state index is -1.06. The minimum Gasteiger partial charge on any atom is -0.481 e. The van der Waals surface area contributed by atoms with Crippen LogP contribution < -0.4 is 10.6 Å². The molecule has 0 radical (unpaired) electrons. The van der Waals surface area contributed by atoms with Gasteiger partial charge in [0.05, 0.1) is 11.3 Å². The van der Waals surface area contributed by atoms with Crippen LogP contribution >= 0.6 is 23.2 Å². The molecule has 0 saturated carbocycles. The number of nitrogens with two attached hydrogens (primary N) is 1. The number of alkyl halides is 2. The maximum absolute atomic E-state index is 11.2. The number of hydrogen-bond donors (Lipinski definition) is 2. The monoisotopic (exact) mass is 363 g/mol. The lowest BCUT2D eigenvalue weighted by Gasteiger charge is -2.24. The first-order valence-corrected chi connectivity index (χ1v) is 8.08. The first-order chi connectivity index (χ1) is 10.9. The van der Waals surface area contributed by atoms with Gasteiger partial charge in [-0.3, -0.25) is 14.9 Å². The molecule has 0 aliphatic carbocycles. The molecule has 0 aromatic heterocycles. The largest absolute Gasteiger partial charge is 0.481 e. The molecule has 0 fully saturated rings. The standard InChI is InChI=1S/C14H19Cl2N3O4/c15-3-5-18(6-4-16)11-1-2-13(19(22)23)12(8-11)10(9-17)7-14(20)21/h1-2,8,10H,3-7,9,17H2,(H,20,21). The van der Waals surface area contributed by atoms with Gasteiger partial charge in [0.15, 0.2) is 0 Å². The van der Waals surface area contributed by atoms with Crippen LogP contribution in [0, 0.1) is 10.1 Å². The topological polar surface area (TPSA) is 110 Å². The van der Waals surface area contributed by atoms with Crippen molar-refractivity contribution < 1.29 is 14.8 Å².